The molecule has 1 unspecified atom stereocenters. The summed E-state index contributed by atoms with van der Waals surface area (Å²) in [6.07, 6.45) is 9.24. The molecule has 1 rings (SSSR count). The Bertz CT molecular complexity index is 357. The highest BCUT2D eigenvalue weighted by atomic mass is 14.9. The summed E-state index contributed by atoms with van der Waals surface area (Å²) >= 11 is 0. The first kappa shape index (κ1) is 17.2. The van der Waals surface area contributed by atoms with Crippen LogP contribution in [-0.4, -0.2) is 7.05 Å². The molecule has 0 spiro atoms. The van der Waals surface area contributed by atoms with Crippen molar-refractivity contribution in [3.05, 3.63) is 35.4 Å². The van der Waals surface area contributed by atoms with E-state index in [9.17, 15) is 0 Å². The van der Waals surface area contributed by atoms with Crippen molar-refractivity contribution >= 4 is 0 Å². The number of rotatable bonds is 10. The van der Waals surface area contributed by atoms with Gasteiger partial charge in [0.1, 0.15) is 0 Å². The first-order valence-electron chi connectivity index (χ1n) is 8.43. The fraction of sp³-hybridized carbons (Fsp3) is 0.684. The highest BCUT2D eigenvalue weighted by Crippen LogP contribution is 2.22. The minimum atomic E-state index is 0.517. The average Bonchev–Trinajstić information content (AvgIpc) is 2.42. The first-order valence-corrected chi connectivity index (χ1v) is 8.43. The van der Waals surface area contributed by atoms with E-state index in [1.54, 1.807) is 0 Å². The maximum atomic E-state index is 3.49. The number of nitrogens with one attached hydrogen (secondary N) is 1. The molecule has 1 heteroatoms. The molecule has 0 fully saturated rings. The molecule has 1 aromatic carbocycles. The summed E-state index contributed by atoms with van der Waals surface area (Å²) in [6, 6.07) is 9.67. The number of hydrogen-bond acceptors (Lipinski definition) is 1. The largest absolute Gasteiger partial charge is 0.313 e. The monoisotopic (exact) mass is 275 g/mol. The van der Waals surface area contributed by atoms with Crippen molar-refractivity contribution in [2.45, 2.75) is 71.8 Å². The molecule has 1 aromatic rings. The Morgan fingerprint density at radius 1 is 1.05 bits per heavy atom. The topological polar surface area (TPSA) is 12.0 Å². The molecular formula is C19H33N. The van der Waals surface area contributed by atoms with Crippen LogP contribution < -0.4 is 5.32 Å². The summed E-state index contributed by atoms with van der Waals surface area (Å²) in [6.45, 7) is 6.85. The van der Waals surface area contributed by atoms with E-state index in [0.29, 0.717) is 6.04 Å². The highest BCUT2D eigenvalue weighted by molar-refractivity contribution is 5.26. The van der Waals surface area contributed by atoms with E-state index < -0.39 is 0 Å². The van der Waals surface area contributed by atoms with E-state index >= 15 is 0 Å². The second-order valence-electron chi connectivity index (χ2n) is 6.39. The Kier molecular flexibility index (Phi) is 8.60. The molecule has 0 saturated heterocycles. The minimum Gasteiger partial charge on any atom is -0.313 e. The smallest absolute Gasteiger partial charge is 0.0317 e. The van der Waals surface area contributed by atoms with E-state index in [1.165, 1.54) is 56.1 Å². The molecule has 114 valence electrons. The zero-order valence-corrected chi connectivity index (χ0v) is 13.9. The summed E-state index contributed by atoms with van der Waals surface area (Å²) in [5.74, 6) is 0.729. The summed E-state index contributed by atoms with van der Waals surface area (Å²) in [7, 11) is 2.09. The summed E-state index contributed by atoms with van der Waals surface area (Å²) in [4.78, 5) is 0. The van der Waals surface area contributed by atoms with E-state index in [2.05, 4.69) is 57.4 Å². The lowest BCUT2D eigenvalue weighted by molar-refractivity contribution is 0.500. The van der Waals surface area contributed by atoms with Crippen LogP contribution >= 0.6 is 0 Å². The standard InChI is InChI=1S/C19H33N/c1-5-6-7-8-9-13-19(20-4)18-12-10-11-17(15-18)14-16(2)3/h10-12,15-16,19-20H,5-9,13-14H2,1-4H3. The van der Waals surface area contributed by atoms with Gasteiger partial charge in [-0.3, -0.25) is 0 Å². The molecule has 0 saturated carbocycles. The van der Waals surface area contributed by atoms with E-state index in [0.717, 1.165) is 5.92 Å². The summed E-state index contributed by atoms with van der Waals surface area (Å²) in [5, 5.41) is 3.49. The molecule has 1 atom stereocenters. The van der Waals surface area contributed by atoms with Crippen molar-refractivity contribution in [1.29, 1.82) is 0 Å². The van der Waals surface area contributed by atoms with Gasteiger partial charge in [-0.25, -0.2) is 0 Å². The molecular weight excluding hydrogens is 242 g/mol. The van der Waals surface area contributed by atoms with Crippen molar-refractivity contribution in [2.24, 2.45) is 5.92 Å². The van der Waals surface area contributed by atoms with E-state index in [4.69, 9.17) is 0 Å². The lowest BCUT2D eigenvalue weighted by Gasteiger charge is -2.18. The molecule has 0 bridgehead atoms. The van der Waals surface area contributed by atoms with Gasteiger partial charge in [-0.1, -0.05) is 77.1 Å². The van der Waals surface area contributed by atoms with Gasteiger partial charge in [-0.05, 0) is 36.9 Å². The molecule has 0 heterocycles. The molecule has 0 aliphatic carbocycles. The normalized spacial score (nSPS) is 12.8. The number of unbranched alkanes of at least 4 members (excludes halogenated alkanes) is 4. The van der Waals surface area contributed by atoms with Gasteiger partial charge in [-0.2, -0.15) is 0 Å². The molecule has 0 aliphatic heterocycles. The van der Waals surface area contributed by atoms with Gasteiger partial charge in [0.25, 0.3) is 0 Å². The fourth-order valence-electron chi connectivity index (χ4n) is 2.84. The molecule has 0 aliphatic rings. The van der Waals surface area contributed by atoms with Gasteiger partial charge in [0.15, 0.2) is 0 Å². The highest BCUT2D eigenvalue weighted by Gasteiger charge is 2.09. The van der Waals surface area contributed by atoms with Crippen molar-refractivity contribution < 1.29 is 0 Å². The van der Waals surface area contributed by atoms with Gasteiger partial charge in [-0.15, -0.1) is 0 Å². The SMILES string of the molecule is CCCCCCCC(NC)c1cccc(CC(C)C)c1. The predicted molar refractivity (Wildman–Crippen MR) is 90.2 cm³/mol. The van der Waals surface area contributed by atoms with E-state index in [1.807, 2.05) is 0 Å². The van der Waals surface area contributed by atoms with Crippen LogP contribution in [-0.2, 0) is 6.42 Å². The maximum absolute atomic E-state index is 3.49. The van der Waals surface area contributed by atoms with Crippen LogP contribution in [0.5, 0.6) is 0 Å². The van der Waals surface area contributed by atoms with Crippen LogP contribution in [0.3, 0.4) is 0 Å². The van der Waals surface area contributed by atoms with Crippen molar-refractivity contribution in [3.63, 3.8) is 0 Å². The van der Waals surface area contributed by atoms with Gasteiger partial charge in [0.05, 0.1) is 0 Å². The van der Waals surface area contributed by atoms with Gasteiger partial charge in [0, 0.05) is 6.04 Å². The molecule has 20 heavy (non-hydrogen) atoms. The third-order valence-corrected chi connectivity index (χ3v) is 3.94. The lowest BCUT2D eigenvalue weighted by atomic mass is 9.95. The summed E-state index contributed by atoms with van der Waals surface area (Å²) in [5.41, 5.74) is 2.94. The zero-order valence-electron chi connectivity index (χ0n) is 13.9. The third-order valence-electron chi connectivity index (χ3n) is 3.94. The van der Waals surface area contributed by atoms with Gasteiger partial charge >= 0.3 is 0 Å². The quantitative estimate of drug-likeness (QED) is 0.555. The second kappa shape index (κ2) is 9.99. The maximum Gasteiger partial charge on any atom is 0.0317 e. The Balaban J connectivity index is 2.51. The van der Waals surface area contributed by atoms with Crippen molar-refractivity contribution in [1.82, 2.24) is 5.32 Å². The number of benzene rings is 1. The molecule has 0 radical (unpaired) electrons. The Morgan fingerprint density at radius 2 is 1.80 bits per heavy atom. The Morgan fingerprint density at radius 3 is 2.45 bits per heavy atom. The summed E-state index contributed by atoms with van der Waals surface area (Å²) < 4.78 is 0. The Hall–Kier alpha value is -0.820. The average molecular weight is 275 g/mol. The van der Waals surface area contributed by atoms with Crippen molar-refractivity contribution in [2.75, 3.05) is 7.05 Å². The second-order valence-corrected chi connectivity index (χ2v) is 6.39. The third kappa shape index (κ3) is 6.56. The van der Waals surface area contributed by atoms with Crippen LogP contribution in [0, 0.1) is 5.92 Å². The van der Waals surface area contributed by atoms with Crippen molar-refractivity contribution in [3.8, 4) is 0 Å². The van der Waals surface area contributed by atoms with Crippen LogP contribution in [0.2, 0.25) is 0 Å². The van der Waals surface area contributed by atoms with Gasteiger partial charge < -0.3 is 5.32 Å². The predicted octanol–water partition coefficient (Wildman–Crippen LogP) is 5.51. The molecule has 0 amide bonds. The Labute approximate surface area is 126 Å². The molecule has 1 nitrogen and oxygen atoms in total. The fourth-order valence-corrected chi connectivity index (χ4v) is 2.84. The molecule has 1 N–H and O–H groups in total. The van der Waals surface area contributed by atoms with Gasteiger partial charge in [0.2, 0.25) is 0 Å². The zero-order chi connectivity index (χ0) is 14.8. The van der Waals surface area contributed by atoms with Crippen LogP contribution in [0.4, 0.5) is 0 Å². The van der Waals surface area contributed by atoms with Crippen LogP contribution in [0.25, 0.3) is 0 Å². The number of hydrogen-bond donors (Lipinski definition) is 1. The van der Waals surface area contributed by atoms with Crippen LogP contribution in [0.1, 0.15) is 76.5 Å². The molecule has 0 aromatic heterocycles. The van der Waals surface area contributed by atoms with Crippen LogP contribution in [0.15, 0.2) is 24.3 Å². The van der Waals surface area contributed by atoms with E-state index in [-0.39, 0.29) is 0 Å². The minimum absolute atomic E-state index is 0.517. The first-order chi connectivity index (χ1) is 9.67. The lowest BCUT2D eigenvalue weighted by Crippen LogP contribution is -2.16.